The number of ether oxygens (including phenoxy) is 1. The van der Waals surface area contributed by atoms with E-state index in [1.165, 1.54) is 6.92 Å². The number of hydrogen-bond donors (Lipinski definition) is 1. The van der Waals surface area contributed by atoms with Crippen LogP contribution in [0.4, 0.5) is 10.5 Å². The van der Waals surface area contributed by atoms with Crippen molar-refractivity contribution in [2.24, 2.45) is 0 Å². The van der Waals surface area contributed by atoms with Crippen molar-refractivity contribution in [3.05, 3.63) is 30.5 Å². The number of carbonyl (C=O) groups is 2. The van der Waals surface area contributed by atoms with Gasteiger partial charge in [0, 0.05) is 31.4 Å². The zero-order chi connectivity index (χ0) is 17.9. The van der Waals surface area contributed by atoms with E-state index in [0.29, 0.717) is 16.9 Å². The Labute approximate surface area is 141 Å². The number of nitrogens with zero attached hydrogens (tertiary/aromatic N) is 3. The maximum Gasteiger partial charge on any atom is 0.412 e. The summed E-state index contributed by atoms with van der Waals surface area (Å²) in [6.07, 6.45) is 4.53. The van der Waals surface area contributed by atoms with E-state index >= 15 is 0 Å². The number of nitrogens with one attached hydrogen (secondary N) is 1. The van der Waals surface area contributed by atoms with Crippen LogP contribution in [0.25, 0.3) is 11.3 Å². The molecule has 0 spiro atoms. The second-order valence-electron chi connectivity index (χ2n) is 6.39. The predicted molar refractivity (Wildman–Crippen MR) is 91.0 cm³/mol. The van der Waals surface area contributed by atoms with Gasteiger partial charge in [-0.3, -0.25) is 15.1 Å². The molecule has 0 fully saturated rings. The van der Waals surface area contributed by atoms with E-state index in [9.17, 15) is 9.59 Å². The highest BCUT2D eigenvalue weighted by molar-refractivity contribution is 6.01. The van der Waals surface area contributed by atoms with E-state index in [4.69, 9.17) is 4.74 Å². The third-order valence-corrected chi connectivity index (χ3v) is 3.15. The van der Waals surface area contributed by atoms with Gasteiger partial charge < -0.3 is 9.30 Å². The Kier molecular flexibility index (Phi) is 5.02. The molecule has 2 aromatic heterocycles. The van der Waals surface area contributed by atoms with Gasteiger partial charge in [0.25, 0.3) is 0 Å². The summed E-state index contributed by atoms with van der Waals surface area (Å²) in [5.74, 6) is -0.244. The molecule has 128 valence electrons. The molecule has 0 unspecified atom stereocenters. The molecule has 0 bridgehead atoms. The molecule has 0 aliphatic heterocycles. The third kappa shape index (κ3) is 4.41. The predicted octanol–water partition coefficient (Wildman–Crippen LogP) is 3.51. The quantitative estimate of drug-likeness (QED) is 0.867. The molecule has 0 aromatic carbocycles. The maximum atomic E-state index is 12.0. The fourth-order valence-corrected chi connectivity index (χ4v) is 2.08. The second kappa shape index (κ2) is 6.82. The molecular weight excluding hydrogens is 308 g/mol. The normalized spacial score (nSPS) is 11.2. The summed E-state index contributed by atoms with van der Waals surface area (Å²) in [7, 11) is 0. The Morgan fingerprint density at radius 2 is 2.00 bits per heavy atom. The van der Waals surface area contributed by atoms with Crippen LogP contribution in [-0.2, 0) is 11.3 Å². The summed E-state index contributed by atoms with van der Waals surface area (Å²) in [5.41, 5.74) is 1.27. The summed E-state index contributed by atoms with van der Waals surface area (Å²) in [5, 5.41) is 2.60. The lowest BCUT2D eigenvalue weighted by Gasteiger charge is -2.20. The number of imidazole rings is 1. The first-order valence-electron chi connectivity index (χ1n) is 7.72. The zero-order valence-electron chi connectivity index (χ0n) is 14.6. The van der Waals surface area contributed by atoms with Crippen molar-refractivity contribution in [3.63, 3.8) is 0 Å². The first-order valence-corrected chi connectivity index (χ1v) is 7.72. The lowest BCUT2D eigenvalue weighted by molar-refractivity contribution is 0.0636. The molecular formula is C17H22N4O3. The number of aromatic nitrogens is 3. The van der Waals surface area contributed by atoms with Crippen LogP contribution in [0.15, 0.2) is 24.8 Å². The van der Waals surface area contributed by atoms with Gasteiger partial charge in [-0.1, -0.05) is 0 Å². The molecule has 1 N–H and O–H groups in total. The number of amides is 1. The van der Waals surface area contributed by atoms with Crippen LogP contribution in [0, 0.1) is 0 Å². The SMILES string of the molecule is CCn1cnc(-c2cnc(C(C)=O)c(NC(=O)OC(C)(C)C)c2)c1. The minimum atomic E-state index is -0.636. The summed E-state index contributed by atoms with van der Waals surface area (Å²) in [6, 6.07) is 1.68. The number of carbonyl (C=O) groups excluding carboxylic acids is 2. The number of anilines is 1. The fraction of sp³-hybridized carbons (Fsp3) is 0.412. The average molecular weight is 330 g/mol. The van der Waals surface area contributed by atoms with Crippen molar-refractivity contribution in [2.45, 2.75) is 46.8 Å². The van der Waals surface area contributed by atoms with Crippen LogP contribution in [0.3, 0.4) is 0 Å². The van der Waals surface area contributed by atoms with Gasteiger partial charge in [-0.2, -0.15) is 0 Å². The molecule has 2 rings (SSSR count). The number of aryl methyl sites for hydroxylation is 1. The lowest BCUT2D eigenvalue weighted by atomic mass is 10.1. The minimum Gasteiger partial charge on any atom is -0.444 e. The van der Waals surface area contributed by atoms with E-state index in [1.54, 1.807) is 39.4 Å². The number of ketones is 1. The summed E-state index contributed by atoms with van der Waals surface area (Å²) < 4.78 is 7.16. The Morgan fingerprint density at radius 1 is 1.29 bits per heavy atom. The van der Waals surface area contributed by atoms with Crippen molar-refractivity contribution >= 4 is 17.6 Å². The standard InChI is InChI=1S/C17H22N4O3/c1-6-21-9-14(19-10-21)12-7-13(15(11(2)22)18-8-12)20-16(23)24-17(3,4)5/h7-10H,6H2,1-5H3,(H,20,23). The highest BCUT2D eigenvalue weighted by Crippen LogP contribution is 2.24. The molecule has 24 heavy (non-hydrogen) atoms. The van der Waals surface area contributed by atoms with Gasteiger partial charge in [0.2, 0.25) is 0 Å². The van der Waals surface area contributed by atoms with Crippen molar-refractivity contribution in [1.82, 2.24) is 14.5 Å². The van der Waals surface area contributed by atoms with Crippen molar-refractivity contribution in [3.8, 4) is 11.3 Å². The van der Waals surface area contributed by atoms with Crippen molar-refractivity contribution in [1.29, 1.82) is 0 Å². The van der Waals surface area contributed by atoms with Gasteiger partial charge in [0.15, 0.2) is 5.78 Å². The van der Waals surface area contributed by atoms with Crippen molar-refractivity contribution in [2.75, 3.05) is 5.32 Å². The highest BCUT2D eigenvalue weighted by atomic mass is 16.6. The monoisotopic (exact) mass is 330 g/mol. The van der Waals surface area contributed by atoms with E-state index < -0.39 is 11.7 Å². The molecule has 0 saturated carbocycles. The molecule has 2 heterocycles. The minimum absolute atomic E-state index is 0.180. The summed E-state index contributed by atoms with van der Waals surface area (Å²) >= 11 is 0. The molecule has 7 nitrogen and oxygen atoms in total. The molecule has 0 atom stereocenters. The third-order valence-electron chi connectivity index (χ3n) is 3.15. The van der Waals surface area contributed by atoms with Crippen LogP contribution in [-0.4, -0.2) is 32.0 Å². The van der Waals surface area contributed by atoms with Crippen LogP contribution in [0.1, 0.15) is 45.1 Å². The molecule has 0 radical (unpaired) electrons. The highest BCUT2D eigenvalue weighted by Gasteiger charge is 2.19. The van der Waals surface area contributed by atoms with Gasteiger partial charge in [-0.05, 0) is 33.8 Å². The zero-order valence-corrected chi connectivity index (χ0v) is 14.6. The van der Waals surface area contributed by atoms with Gasteiger partial charge in [-0.25, -0.2) is 9.78 Å². The Morgan fingerprint density at radius 3 is 2.54 bits per heavy atom. The average Bonchev–Trinajstić information content (AvgIpc) is 2.93. The van der Waals surface area contributed by atoms with Crippen molar-refractivity contribution < 1.29 is 14.3 Å². The number of Topliss-reactive ketones (excluding diaryl/α,β-unsaturated/α-hetero) is 1. The van der Waals surface area contributed by atoms with Gasteiger partial charge in [0.1, 0.15) is 11.3 Å². The molecule has 1 amide bonds. The van der Waals surface area contributed by atoms with E-state index in [0.717, 1.165) is 6.54 Å². The van der Waals surface area contributed by atoms with Crippen LogP contribution in [0.2, 0.25) is 0 Å². The lowest BCUT2D eigenvalue weighted by Crippen LogP contribution is -2.27. The summed E-state index contributed by atoms with van der Waals surface area (Å²) in [6.45, 7) is 9.51. The summed E-state index contributed by atoms with van der Waals surface area (Å²) in [4.78, 5) is 32.2. The number of hydrogen-bond acceptors (Lipinski definition) is 5. The van der Waals surface area contributed by atoms with Crippen LogP contribution < -0.4 is 5.32 Å². The Balaban J connectivity index is 2.34. The fourth-order valence-electron chi connectivity index (χ4n) is 2.08. The van der Waals surface area contributed by atoms with Gasteiger partial charge >= 0.3 is 6.09 Å². The first-order chi connectivity index (χ1) is 11.2. The molecule has 2 aromatic rings. The van der Waals surface area contributed by atoms with E-state index in [1.807, 2.05) is 17.7 Å². The first kappa shape index (κ1) is 17.7. The molecule has 0 saturated heterocycles. The number of rotatable bonds is 4. The smallest absolute Gasteiger partial charge is 0.412 e. The maximum absolute atomic E-state index is 12.0. The van der Waals surface area contributed by atoms with Crippen LogP contribution in [0.5, 0.6) is 0 Å². The molecule has 7 heteroatoms. The topological polar surface area (TPSA) is 86.1 Å². The Hall–Kier alpha value is -2.70. The largest absolute Gasteiger partial charge is 0.444 e. The molecule has 0 aliphatic rings. The van der Waals surface area contributed by atoms with E-state index in [-0.39, 0.29) is 11.5 Å². The second-order valence-corrected chi connectivity index (χ2v) is 6.39. The Bertz CT molecular complexity index is 759. The van der Waals surface area contributed by atoms with Gasteiger partial charge in [0.05, 0.1) is 17.7 Å². The number of pyridine rings is 1. The van der Waals surface area contributed by atoms with E-state index in [2.05, 4.69) is 15.3 Å². The van der Waals surface area contributed by atoms with Crippen LogP contribution >= 0.6 is 0 Å². The molecule has 0 aliphatic carbocycles. The van der Waals surface area contributed by atoms with Gasteiger partial charge in [-0.15, -0.1) is 0 Å².